The van der Waals surface area contributed by atoms with Crippen molar-refractivity contribution in [1.29, 1.82) is 5.26 Å². The first-order chi connectivity index (χ1) is 13.2. The fraction of sp³-hybridized carbons (Fsp3) is 0.333. The molecule has 136 valence electrons. The number of rotatable bonds is 4. The second-order valence-electron chi connectivity index (χ2n) is 6.47. The number of aromatic nitrogens is 6. The second kappa shape index (κ2) is 7.37. The molecule has 0 atom stereocenters. The summed E-state index contributed by atoms with van der Waals surface area (Å²) >= 11 is 0. The van der Waals surface area contributed by atoms with Gasteiger partial charge < -0.3 is 4.90 Å². The second-order valence-corrected chi connectivity index (χ2v) is 6.47. The van der Waals surface area contributed by atoms with Gasteiger partial charge in [-0.1, -0.05) is 0 Å². The van der Waals surface area contributed by atoms with E-state index in [1.54, 1.807) is 29.2 Å². The summed E-state index contributed by atoms with van der Waals surface area (Å²) in [6.45, 7) is 2.10. The number of hydrogen-bond donors (Lipinski definition) is 0. The zero-order chi connectivity index (χ0) is 18.6. The minimum Gasteiger partial charge on any atom is -0.354 e. The Morgan fingerprint density at radius 1 is 1.19 bits per heavy atom. The molecule has 0 amide bonds. The van der Waals surface area contributed by atoms with Gasteiger partial charge in [0.05, 0.1) is 11.8 Å². The highest BCUT2D eigenvalue weighted by Crippen LogP contribution is 2.24. The first kappa shape index (κ1) is 16.9. The van der Waals surface area contributed by atoms with Gasteiger partial charge in [0, 0.05) is 38.1 Å². The molecule has 3 aromatic rings. The van der Waals surface area contributed by atoms with Crippen molar-refractivity contribution < 1.29 is 0 Å². The van der Waals surface area contributed by atoms with Crippen LogP contribution in [0.4, 0.5) is 5.82 Å². The molecule has 4 rings (SSSR count). The third-order valence-electron chi connectivity index (χ3n) is 4.76. The summed E-state index contributed by atoms with van der Waals surface area (Å²) in [6.07, 6.45) is 6.78. The zero-order valence-corrected chi connectivity index (χ0v) is 14.6. The first-order valence-corrected chi connectivity index (χ1v) is 8.79. The molecule has 0 aromatic carbocycles. The Morgan fingerprint density at radius 2 is 2.04 bits per heavy atom. The van der Waals surface area contributed by atoms with Gasteiger partial charge in [-0.3, -0.25) is 4.79 Å². The van der Waals surface area contributed by atoms with Crippen molar-refractivity contribution in [2.75, 3.05) is 18.0 Å². The topological polar surface area (TPSA) is 106 Å². The highest BCUT2D eigenvalue weighted by molar-refractivity contribution is 5.52. The predicted molar refractivity (Wildman–Crippen MR) is 97.3 cm³/mol. The van der Waals surface area contributed by atoms with Crippen LogP contribution >= 0.6 is 0 Å². The van der Waals surface area contributed by atoms with Gasteiger partial charge in [-0.2, -0.15) is 15.5 Å². The average molecular weight is 362 g/mol. The van der Waals surface area contributed by atoms with Gasteiger partial charge in [0.15, 0.2) is 11.6 Å². The summed E-state index contributed by atoms with van der Waals surface area (Å²) < 4.78 is 3.15. The van der Waals surface area contributed by atoms with Gasteiger partial charge >= 0.3 is 0 Å². The number of hydrogen-bond acceptors (Lipinski definition) is 7. The highest BCUT2D eigenvalue weighted by Gasteiger charge is 2.23. The fourth-order valence-electron chi connectivity index (χ4n) is 3.31. The number of anilines is 1. The maximum Gasteiger partial charge on any atom is 0.266 e. The maximum absolute atomic E-state index is 12.2. The number of piperidine rings is 1. The molecule has 1 fully saturated rings. The smallest absolute Gasteiger partial charge is 0.266 e. The Kier molecular flexibility index (Phi) is 4.61. The Hall–Kier alpha value is -3.54. The van der Waals surface area contributed by atoms with Gasteiger partial charge in [-0.15, -0.1) is 10.2 Å². The summed E-state index contributed by atoms with van der Waals surface area (Å²) in [4.78, 5) is 14.3. The molecule has 0 N–H and O–H groups in total. The zero-order valence-electron chi connectivity index (χ0n) is 14.6. The van der Waals surface area contributed by atoms with Crippen molar-refractivity contribution in [3.05, 3.63) is 58.8 Å². The van der Waals surface area contributed by atoms with Crippen molar-refractivity contribution in [3.63, 3.8) is 0 Å². The van der Waals surface area contributed by atoms with Crippen molar-refractivity contribution in [2.24, 2.45) is 5.92 Å². The van der Waals surface area contributed by atoms with Crippen LogP contribution in [0.5, 0.6) is 0 Å². The molecular formula is C18H18N8O. The highest BCUT2D eigenvalue weighted by atomic mass is 16.1. The lowest BCUT2D eigenvalue weighted by Crippen LogP contribution is -2.37. The van der Waals surface area contributed by atoms with Gasteiger partial charge in [0.2, 0.25) is 0 Å². The van der Waals surface area contributed by atoms with E-state index in [9.17, 15) is 10.1 Å². The van der Waals surface area contributed by atoms with E-state index in [-0.39, 0.29) is 5.56 Å². The van der Waals surface area contributed by atoms with Crippen LogP contribution in [0, 0.1) is 17.2 Å². The lowest BCUT2D eigenvalue weighted by Gasteiger charge is -2.32. The van der Waals surface area contributed by atoms with E-state index >= 15 is 0 Å². The Balaban J connectivity index is 1.45. The van der Waals surface area contributed by atoms with Crippen LogP contribution in [0.25, 0.3) is 5.82 Å². The molecule has 1 aliphatic rings. The minimum atomic E-state index is -0.117. The summed E-state index contributed by atoms with van der Waals surface area (Å²) in [7, 11) is 0. The third kappa shape index (κ3) is 3.55. The summed E-state index contributed by atoms with van der Waals surface area (Å²) in [5.41, 5.74) is 0.419. The number of nitrogens with zero attached hydrogens (tertiary/aromatic N) is 8. The van der Waals surface area contributed by atoms with E-state index in [2.05, 4.69) is 31.4 Å². The summed E-state index contributed by atoms with van der Waals surface area (Å²) in [6, 6.07) is 8.85. The molecule has 9 heteroatoms. The molecular weight excluding hydrogens is 344 g/mol. The molecule has 0 saturated carbocycles. The molecule has 0 radical (unpaired) electrons. The van der Waals surface area contributed by atoms with Gasteiger partial charge in [0.25, 0.3) is 5.56 Å². The Labute approximate surface area is 155 Å². The number of nitriles is 1. The quantitative estimate of drug-likeness (QED) is 0.682. The normalized spacial score (nSPS) is 14.9. The van der Waals surface area contributed by atoms with Gasteiger partial charge in [0.1, 0.15) is 6.07 Å². The van der Waals surface area contributed by atoms with E-state index < -0.39 is 0 Å². The van der Waals surface area contributed by atoms with Crippen molar-refractivity contribution in [3.8, 4) is 11.9 Å². The fourth-order valence-corrected chi connectivity index (χ4v) is 3.31. The van der Waals surface area contributed by atoms with Gasteiger partial charge in [-0.05, 0) is 37.0 Å². The molecule has 0 aliphatic carbocycles. The lowest BCUT2D eigenvalue weighted by atomic mass is 9.96. The summed E-state index contributed by atoms with van der Waals surface area (Å²) in [5, 5.41) is 25.8. The van der Waals surface area contributed by atoms with Crippen LogP contribution in [0.15, 0.2) is 47.7 Å². The molecule has 9 nitrogen and oxygen atoms in total. The molecule has 3 aromatic heterocycles. The van der Waals surface area contributed by atoms with E-state index in [0.717, 1.165) is 25.9 Å². The standard InChI is InChI=1S/C18H18N8O/c19-12-15-4-8-20-22-18(15)24-10-5-14(6-11-24)13-26-17(27)3-2-16(23-26)25-9-1-7-21-25/h1-4,7-9,14H,5-6,10-11,13H2. The minimum absolute atomic E-state index is 0.117. The molecule has 0 spiro atoms. The van der Waals surface area contributed by atoms with Crippen molar-refractivity contribution in [1.82, 2.24) is 29.8 Å². The molecule has 1 saturated heterocycles. The summed E-state index contributed by atoms with van der Waals surface area (Å²) in [5.74, 6) is 1.59. The van der Waals surface area contributed by atoms with E-state index in [1.165, 1.54) is 16.9 Å². The largest absolute Gasteiger partial charge is 0.354 e. The predicted octanol–water partition coefficient (Wildman–Crippen LogP) is 1.01. The molecule has 0 unspecified atom stereocenters. The van der Waals surface area contributed by atoms with Crippen LogP contribution in [0.1, 0.15) is 18.4 Å². The van der Waals surface area contributed by atoms with Crippen LogP contribution in [-0.4, -0.2) is 42.8 Å². The average Bonchev–Trinajstić information content (AvgIpc) is 3.25. The van der Waals surface area contributed by atoms with Gasteiger partial charge in [-0.25, -0.2) is 9.36 Å². The SMILES string of the molecule is N#Cc1ccnnc1N1CCC(Cn2nc(-n3cccn3)ccc2=O)CC1. The monoisotopic (exact) mass is 362 g/mol. The Morgan fingerprint density at radius 3 is 2.78 bits per heavy atom. The third-order valence-corrected chi connectivity index (χ3v) is 4.76. The van der Waals surface area contributed by atoms with E-state index in [1.807, 2.05) is 6.07 Å². The van der Waals surface area contributed by atoms with Crippen LogP contribution in [-0.2, 0) is 6.54 Å². The van der Waals surface area contributed by atoms with Crippen LogP contribution < -0.4 is 10.5 Å². The first-order valence-electron chi connectivity index (χ1n) is 8.79. The molecule has 0 bridgehead atoms. The Bertz CT molecular complexity index is 1010. The molecule has 27 heavy (non-hydrogen) atoms. The van der Waals surface area contributed by atoms with E-state index in [0.29, 0.717) is 29.7 Å². The van der Waals surface area contributed by atoms with Crippen molar-refractivity contribution >= 4 is 5.82 Å². The maximum atomic E-state index is 12.2. The van der Waals surface area contributed by atoms with Crippen molar-refractivity contribution in [2.45, 2.75) is 19.4 Å². The molecule has 4 heterocycles. The van der Waals surface area contributed by atoms with Crippen LogP contribution in [0.3, 0.4) is 0 Å². The molecule has 1 aliphatic heterocycles. The van der Waals surface area contributed by atoms with Crippen LogP contribution in [0.2, 0.25) is 0 Å². The lowest BCUT2D eigenvalue weighted by molar-refractivity contribution is 0.333. The van der Waals surface area contributed by atoms with E-state index in [4.69, 9.17) is 0 Å².